The molecule has 1 fully saturated rings. The molecule has 2 atom stereocenters. The lowest BCUT2D eigenvalue weighted by molar-refractivity contribution is -0.139. The maximum atomic E-state index is 11.5. The second kappa shape index (κ2) is 8.20. The van der Waals surface area contributed by atoms with Crippen LogP contribution in [0.15, 0.2) is 0 Å². The highest BCUT2D eigenvalue weighted by Gasteiger charge is 2.17. The summed E-state index contributed by atoms with van der Waals surface area (Å²) in [5.41, 5.74) is 0. The number of amides is 2. The highest BCUT2D eigenvalue weighted by molar-refractivity contribution is 7.99. The summed E-state index contributed by atoms with van der Waals surface area (Å²) in [5.74, 6) is 1.88. The number of methoxy groups -OCH3 is 1. The first-order valence-corrected chi connectivity index (χ1v) is 7.11. The summed E-state index contributed by atoms with van der Waals surface area (Å²) in [6, 6.07) is -0.265. The van der Waals surface area contributed by atoms with Gasteiger partial charge in [0.2, 0.25) is 0 Å². The molecule has 2 amide bonds. The van der Waals surface area contributed by atoms with Crippen LogP contribution in [0.4, 0.5) is 4.79 Å². The number of hydrogen-bond acceptors (Lipinski definition) is 4. The molecule has 0 aromatic heterocycles. The Morgan fingerprint density at radius 3 is 2.83 bits per heavy atom. The Labute approximate surface area is 111 Å². The second-order valence-corrected chi connectivity index (χ2v) is 5.43. The number of thioether (sulfide) groups is 1. The van der Waals surface area contributed by atoms with Gasteiger partial charge in [0.1, 0.15) is 0 Å². The van der Waals surface area contributed by atoms with Gasteiger partial charge in [-0.25, -0.2) is 4.79 Å². The van der Waals surface area contributed by atoms with Gasteiger partial charge in [-0.15, -0.1) is 0 Å². The van der Waals surface area contributed by atoms with Gasteiger partial charge in [-0.05, 0) is 23.8 Å². The van der Waals surface area contributed by atoms with Crippen molar-refractivity contribution in [2.45, 2.75) is 18.9 Å². The lowest BCUT2D eigenvalue weighted by Crippen LogP contribution is -2.42. The van der Waals surface area contributed by atoms with E-state index in [2.05, 4.69) is 10.6 Å². The highest BCUT2D eigenvalue weighted by atomic mass is 32.2. The van der Waals surface area contributed by atoms with Crippen LogP contribution in [0.1, 0.15) is 12.8 Å². The Kier molecular flexibility index (Phi) is 6.89. The van der Waals surface area contributed by atoms with Crippen molar-refractivity contribution in [2.24, 2.45) is 5.92 Å². The number of hydrogen-bond donors (Lipinski definition) is 3. The van der Waals surface area contributed by atoms with Crippen molar-refractivity contribution in [3.8, 4) is 0 Å². The van der Waals surface area contributed by atoms with E-state index in [0.29, 0.717) is 12.5 Å². The van der Waals surface area contributed by atoms with E-state index in [1.807, 2.05) is 11.8 Å². The van der Waals surface area contributed by atoms with Gasteiger partial charge in [0.05, 0.1) is 12.5 Å². The first kappa shape index (κ1) is 15.1. The third kappa shape index (κ3) is 6.11. The average molecular weight is 276 g/mol. The van der Waals surface area contributed by atoms with Crippen LogP contribution in [-0.2, 0) is 9.53 Å². The van der Waals surface area contributed by atoms with Crippen molar-refractivity contribution in [1.82, 2.24) is 10.6 Å². The largest absolute Gasteiger partial charge is 0.481 e. The number of rotatable bonds is 7. The number of ether oxygens (including phenoxy) is 1. The molecule has 1 heterocycles. The molecule has 1 rings (SSSR count). The van der Waals surface area contributed by atoms with Gasteiger partial charge >= 0.3 is 12.0 Å². The van der Waals surface area contributed by atoms with Crippen LogP contribution in [0.2, 0.25) is 0 Å². The SMILES string of the molecule is COC(CNC(=O)NCC1CCSC1)CC(=O)O. The number of carboxylic acids is 1. The van der Waals surface area contributed by atoms with Gasteiger partial charge in [-0.2, -0.15) is 11.8 Å². The fourth-order valence-corrected chi connectivity index (χ4v) is 2.97. The van der Waals surface area contributed by atoms with Crippen LogP contribution in [0.5, 0.6) is 0 Å². The van der Waals surface area contributed by atoms with Gasteiger partial charge in [0.25, 0.3) is 0 Å². The molecule has 2 unspecified atom stereocenters. The van der Waals surface area contributed by atoms with Crippen molar-refractivity contribution in [1.29, 1.82) is 0 Å². The Hall–Kier alpha value is -0.950. The Bertz CT molecular complexity index is 282. The lowest BCUT2D eigenvalue weighted by Gasteiger charge is -2.15. The minimum absolute atomic E-state index is 0.115. The average Bonchev–Trinajstić information content (AvgIpc) is 2.84. The van der Waals surface area contributed by atoms with Crippen molar-refractivity contribution >= 4 is 23.8 Å². The van der Waals surface area contributed by atoms with Gasteiger partial charge in [-0.3, -0.25) is 4.79 Å². The van der Waals surface area contributed by atoms with Crippen LogP contribution in [-0.4, -0.2) is 54.9 Å². The molecule has 3 N–H and O–H groups in total. The second-order valence-electron chi connectivity index (χ2n) is 4.28. The molecule has 0 bridgehead atoms. The summed E-state index contributed by atoms with van der Waals surface area (Å²) in [7, 11) is 1.43. The maximum absolute atomic E-state index is 11.5. The Morgan fingerprint density at radius 2 is 2.28 bits per heavy atom. The molecule has 1 aliphatic rings. The van der Waals surface area contributed by atoms with E-state index in [1.54, 1.807) is 0 Å². The van der Waals surface area contributed by atoms with Crippen LogP contribution in [0.25, 0.3) is 0 Å². The molecular weight excluding hydrogens is 256 g/mol. The Morgan fingerprint density at radius 1 is 1.50 bits per heavy atom. The van der Waals surface area contributed by atoms with E-state index in [-0.39, 0.29) is 19.0 Å². The zero-order chi connectivity index (χ0) is 13.4. The molecule has 0 spiro atoms. The summed E-state index contributed by atoms with van der Waals surface area (Å²) in [5, 5.41) is 14.0. The van der Waals surface area contributed by atoms with Crippen LogP contribution in [0, 0.1) is 5.92 Å². The molecule has 0 aromatic carbocycles. The van der Waals surface area contributed by atoms with E-state index in [9.17, 15) is 9.59 Å². The van der Waals surface area contributed by atoms with E-state index < -0.39 is 12.1 Å². The molecule has 104 valence electrons. The molecular formula is C11H20N2O4S. The number of nitrogens with one attached hydrogen (secondary N) is 2. The molecule has 0 saturated carbocycles. The molecule has 18 heavy (non-hydrogen) atoms. The number of carbonyl (C=O) groups excluding carboxylic acids is 1. The molecule has 0 radical (unpaired) electrons. The first-order chi connectivity index (χ1) is 8.61. The predicted octanol–water partition coefficient (Wildman–Crippen LogP) is 0.528. The highest BCUT2D eigenvalue weighted by Crippen LogP contribution is 2.22. The van der Waals surface area contributed by atoms with Crippen LogP contribution < -0.4 is 10.6 Å². The third-order valence-corrected chi connectivity index (χ3v) is 4.03. The molecule has 0 aromatic rings. The quantitative estimate of drug-likeness (QED) is 0.631. The summed E-state index contributed by atoms with van der Waals surface area (Å²) in [6.07, 6.45) is 0.538. The minimum atomic E-state index is -0.938. The monoisotopic (exact) mass is 276 g/mol. The molecule has 7 heteroatoms. The molecule has 6 nitrogen and oxygen atoms in total. The fourth-order valence-electron chi connectivity index (χ4n) is 1.68. The standard InChI is InChI=1S/C11H20N2O4S/c1-17-9(4-10(14)15)6-13-11(16)12-5-8-2-3-18-7-8/h8-9H,2-7H2,1H3,(H,14,15)(H2,12,13,16). The summed E-state index contributed by atoms with van der Waals surface area (Å²) in [4.78, 5) is 22.0. The molecule has 0 aliphatic carbocycles. The number of carboxylic acid groups (broad SMARTS) is 1. The molecule has 1 saturated heterocycles. The summed E-state index contributed by atoms with van der Waals surface area (Å²) < 4.78 is 4.96. The van der Waals surface area contributed by atoms with Crippen molar-refractivity contribution in [3.05, 3.63) is 0 Å². The Balaban J connectivity index is 2.12. The summed E-state index contributed by atoms with van der Waals surface area (Å²) >= 11 is 1.91. The van der Waals surface area contributed by atoms with Gasteiger partial charge in [0, 0.05) is 20.2 Å². The van der Waals surface area contributed by atoms with Gasteiger partial charge in [0.15, 0.2) is 0 Å². The van der Waals surface area contributed by atoms with Gasteiger partial charge < -0.3 is 20.5 Å². The van der Waals surface area contributed by atoms with Crippen molar-refractivity contribution in [3.63, 3.8) is 0 Å². The minimum Gasteiger partial charge on any atom is -0.481 e. The number of carbonyl (C=O) groups is 2. The molecule has 1 aliphatic heterocycles. The van der Waals surface area contributed by atoms with E-state index in [0.717, 1.165) is 12.2 Å². The maximum Gasteiger partial charge on any atom is 0.314 e. The topological polar surface area (TPSA) is 87.7 Å². The summed E-state index contributed by atoms with van der Waals surface area (Å²) in [6.45, 7) is 0.878. The van der Waals surface area contributed by atoms with Gasteiger partial charge in [-0.1, -0.05) is 0 Å². The number of urea groups is 1. The van der Waals surface area contributed by atoms with E-state index >= 15 is 0 Å². The smallest absolute Gasteiger partial charge is 0.314 e. The van der Waals surface area contributed by atoms with E-state index in [1.165, 1.54) is 12.9 Å². The van der Waals surface area contributed by atoms with Crippen LogP contribution >= 0.6 is 11.8 Å². The number of aliphatic carboxylic acids is 1. The predicted molar refractivity (Wildman–Crippen MR) is 69.9 cm³/mol. The van der Waals surface area contributed by atoms with Crippen LogP contribution in [0.3, 0.4) is 0 Å². The lowest BCUT2D eigenvalue weighted by atomic mass is 10.1. The normalized spacial score (nSPS) is 20.4. The first-order valence-electron chi connectivity index (χ1n) is 5.96. The fraction of sp³-hybridized carbons (Fsp3) is 0.818. The van der Waals surface area contributed by atoms with Crippen molar-refractivity contribution < 1.29 is 19.4 Å². The zero-order valence-corrected chi connectivity index (χ0v) is 11.3. The van der Waals surface area contributed by atoms with Crippen molar-refractivity contribution in [2.75, 3.05) is 31.7 Å². The zero-order valence-electron chi connectivity index (χ0n) is 10.5. The third-order valence-electron chi connectivity index (χ3n) is 2.80. The van der Waals surface area contributed by atoms with E-state index in [4.69, 9.17) is 9.84 Å².